The third-order valence-electron chi connectivity index (χ3n) is 2.63. The third-order valence-corrected chi connectivity index (χ3v) is 2.63. The number of amides is 1. The van der Waals surface area contributed by atoms with Gasteiger partial charge in [0.25, 0.3) is 5.90 Å². The molecule has 0 saturated carbocycles. The summed E-state index contributed by atoms with van der Waals surface area (Å²) in [5.74, 6) is 0.160. The highest BCUT2D eigenvalue weighted by Crippen LogP contribution is 2.14. The number of carbonyl (C=O) groups excluding carboxylic acids is 1. The van der Waals surface area contributed by atoms with Crippen LogP contribution in [0, 0.1) is 0 Å². The molecule has 0 fully saturated rings. The Morgan fingerprint density at radius 2 is 2.00 bits per heavy atom. The van der Waals surface area contributed by atoms with Gasteiger partial charge in [-0.1, -0.05) is 24.3 Å². The molecule has 1 amide bonds. The van der Waals surface area contributed by atoms with Crippen molar-refractivity contribution in [3.05, 3.63) is 59.8 Å². The second kappa shape index (κ2) is 7.04. The number of primary amides is 1. The predicted octanol–water partition coefficient (Wildman–Crippen LogP) is 1.50. The van der Waals surface area contributed by atoms with Crippen molar-refractivity contribution in [1.29, 1.82) is 0 Å². The first-order valence-electron chi connectivity index (χ1n) is 6.27. The monoisotopic (exact) mass is 285 g/mol. The molecule has 1 heterocycles. The fraction of sp³-hybridized carbons (Fsp3) is 0.133. The summed E-state index contributed by atoms with van der Waals surface area (Å²) >= 11 is 0. The van der Waals surface area contributed by atoms with Crippen molar-refractivity contribution in [1.82, 2.24) is 4.98 Å². The Labute approximate surface area is 122 Å². The molecule has 1 aromatic heterocycles. The Morgan fingerprint density at radius 1 is 1.24 bits per heavy atom. The summed E-state index contributed by atoms with van der Waals surface area (Å²) in [5.41, 5.74) is 6.59. The SMILES string of the molecule is CO/N=C(\Oc1ccccn1)c1ccccc1CC(N)=O. The number of nitrogens with two attached hydrogens (primary N) is 1. The Hall–Kier alpha value is -2.89. The second-order valence-corrected chi connectivity index (χ2v) is 4.15. The molecule has 2 N–H and O–H groups in total. The summed E-state index contributed by atoms with van der Waals surface area (Å²) in [7, 11) is 1.42. The molecule has 1 aromatic carbocycles. The zero-order valence-corrected chi connectivity index (χ0v) is 11.5. The van der Waals surface area contributed by atoms with Crippen molar-refractivity contribution < 1.29 is 14.4 Å². The van der Waals surface area contributed by atoms with Crippen LogP contribution in [-0.4, -0.2) is 23.9 Å². The molecule has 0 atom stereocenters. The summed E-state index contributed by atoms with van der Waals surface area (Å²) in [6.45, 7) is 0. The standard InChI is InChI=1S/C15H15N3O3/c1-20-18-15(21-14-8-4-5-9-17-14)12-7-3-2-6-11(12)10-13(16)19/h2-9H,10H2,1H3,(H2,16,19)/b18-15-. The Balaban J connectivity index is 2.35. The molecule has 0 spiro atoms. The van der Waals surface area contributed by atoms with E-state index in [1.54, 1.807) is 36.5 Å². The lowest BCUT2D eigenvalue weighted by Crippen LogP contribution is -2.19. The van der Waals surface area contributed by atoms with E-state index in [0.29, 0.717) is 17.0 Å². The minimum atomic E-state index is -0.433. The number of aromatic nitrogens is 1. The maximum absolute atomic E-state index is 11.2. The van der Waals surface area contributed by atoms with E-state index in [0.717, 1.165) is 0 Å². The number of nitrogens with zero attached hydrogens (tertiary/aromatic N) is 2. The van der Waals surface area contributed by atoms with Crippen LogP contribution in [0.2, 0.25) is 0 Å². The summed E-state index contributed by atoms with van der Waals surface area (Å²) < 4.78 is 5.62. The van der Waals surface area contributed by atoms with Crippen molar-refractivity contribution in [2.45, 2.75) is 6.42 Å². The maximum Gasteiger partial charge on any atom is 0.264 e. The average Bonchev–Trinajstić information content (AvgIpc) is 2.48. The number of hydrogen-bond donors (Lipinski definition) is 1. The zero-order valence-electron chi connectivity index (χ0n) is 11.5. The van der Waals surface area contributed by atoms with Crippen LogP contribution in [-0.2, 0) is 16.1 Å². The van der Waals surface area contributed by atoms with E-state index < -0.39 is 5.91 Å². The van der Waals surface area contributed by atoms with Crippen LogP contribution < -0.4 is 10.5 Å². The molecule has 21 heavy (non-hydrogen) atoms. The number of carbonyl (C=O) groups is 1. The molecule has 0 saturated heterocycles. The Bertz CT molecular complexity index is 642. The van der Waals surface area contributed by atoms with Gasteiger partial charge in [0, 0.05) is 17.8 Å². The van der Waals surface area contributed by atoms with E-state index in [9.17, 15) is 4.79 Å². The number of hydrogen-bond acceptors (Lipinski definition) is 5. The fourth-order valence-electron chi connectivity index (χ4n) is 1.78. The number of oxime groups is 1. The smallest absolute Gasteiger partial charge is 0.264 e. The summed E-state index contributed by atoms with van der Waals surface area (Å²) in [4.78, 5) is 20.0. The van der Waals surface area contributed by atoms with Gasteiger partial charge in [0.1, 0.15) is 7.11 Å². The largest absolute Gasteiger partial charge is 0.417 e. The molecule has 0 aliphatic carbocycles. The molecule has 6 heteroatoms. The van der Waals surface area contributed by atoms with Crippen molar-refractivity contribution in [2.75, 3.05) is 7.11 Å². The van der Waals surface area contributed by atoms with Crippen LogP contribution in [0.3, 0.4) is 0 Å². The minimum absolute atomic E-state index is 0.0878. The summed E-state index contributed by atoms with van der Waals surface area (Å²) in [5, 5.41) is 3.86. The van der Waals surface area contributed by atoms with Crippen LogP contribution in [0.25, 0.3) is 0 Å². The first-order valence-corrected chi connectivity index (χ1v) is 6.27. The van der Waals surface area contributed by atoms with Gasteiger partial charge in [-0.05, 0) is 22.9 Å². The summed E-state index contributed by atoms with van der Waals surface area (Å²) in [6.07, 6.45) is 1.69. The van der Waals surface area contributed by atoms with Crippen LogP contribution in [0.15, 0.2) is 53.8 Å². The van der Waals surface area contributed by atoms with Crippen molar-refractivity contribution in [3.63, 3.8) is 0 Å². The van der Waals surface area contributed by atoms with Crippen molar-refractivity contribution in [2.24, 2.45) is 10.9 Å². The molecule has 0 unspecified atom stereocenters. The second-order valence-electron chi connectivity index (χ2n) is 4.15. The molecule has 0 radical (unpaired) electrons. The van der Waals surface area contributed by atoms with E-state index in [2.05, 4.69) is 10.1 Å². The van der Waals surface area contributed by atoms with Gasteiger partial charge in [0.2, 0.25) is 11.8 Å². The van der Waals surface area contributed by atoms with Crippen LogP contribution in [0.1, 0.15) is 11.1 Å². The third kappa shape index (κ3) is 4.04. The Kier molecular flexibility index (Phi) is 4.87. The van der Waals surface area contributed by atoms with Gasteiger partial charge in [-0.2, -0.15) is 0 Å². The van der Waals surface area contributed by atoms with Gasteiger partial charge < -0.3 is 15.3 Å². The highest BCUT2D eigenvalue weighted by atomic mass is 16.6. The summed E-state index contributed by atoms with van der Waals surface area (Å²) in [6, 6.07) is 12.5. The predicted molar refractivity (Wildman–Crippen MR) is 77.8 cm³/mol. The number of pyridine rings is 1. The number of rotatable bonds is 5. The van der Waals surface area contributed by atoms with Crippen LogP contribution >= 0.6 is 0 Å². The van der Waals surface area contributed by atoms with Crippen LogP contribution in [0.5, 0.6) is 5.88 Å². The molecule has 0 aliphatic heterocycles. The number of ether oxygens (including phenoxy) is 1. The van der Waals surface area contributed by atoms with Gasteiger partial charge in [0.05, 0.1) is 6.42 Å². The van der Waals surface area contributed by atoms with Crippen molar-refractivity contribution >= 4 is 11.8 Å². The van der Waals surface area contributed by atoms with Gasteiger partial charge >= 0.3 is 0 Å². The maximum atomic E-state index is 11.2. The first-order chi connectivity index (χ1) is 10.2. The first kappa shape index (κ1) is 14.5. The number of benzene rings is 1. The quantitative estimate of drug-likeness (QED) is 0.512. The van der Waals surface area contributed by atoms with Gasteiger partial charge in [-0.25, -0.2) is 4.98 Å². The minimum Gasteiger partial charge on any atom is -0.417 e. The van der Waals surface area contributed by atoms with Gasteiger partial charge in [-0.3, -0.25) is 4.79 Å². The average molecular weight is 285 g/mol. The molecule has 2 rings (SSSR count). The lowest BCUT2D eigenvalue weighted by Gasteiger charge is -2.11. The zero-order chi connectivity index (χ0) is 15.1. The van der Waals surface area contributed by atoms with Gasteiger partial charge in [-0.15, -0.1) is 0 Å². The van der Waals surface area contributed by atoms with E-state index >= 15 is 0 Å². The molecule has 2 aromatic rings. The lowest BCUT2D eigenvalue weighted by atomic mass is 10.0. The van der Waals surface area contributed by atoms with Crippen LogP contribution in [0.4, 0.5) is 0 Å². The van der Waals surface area contributed by atoms with E-state index in [4.69, 9.17) is 15.3 Å². The molecule has 6 nitrogen and oxygen atoms in total. The lowest BCUT2D eigenvalue weighted by molar-refractivity contribution is -0.117. The molecular formula is C15H15N3O3. The molecule has 108 valence electrons. The normalized spacial score (nSPS) is 11.0. The van der Waals surface area contributed by atoms with Gasteiger partial charge in [0.15, 0.2) is 0 Å². The fourth-order valence-corrected chi connectivity index (χ4v) is 1.78. The molecule has 0 aliphatic rings. The van der Waals surface area contributed by atoms with E-state index in [-0.39, 0.29) is 12.3 Å². The van der Waals surface area contributed by atoms with E-state index in [1.165, 1.54) is 7.11 Å². The molecular weight excluding hydrogens is 270 g/mol. The highest BCUT2D eigenvalue weighted by Gasteiger charge is 2.14. The Morgan fingerprint density at radius 3 is 2.67 bits per heavy atom. The van der Waals surface area contributed by atoms with Crippen molar-refractivity contribution in [3.8, 4) is 5.88 Å². The van der Waals surface area contributed by atoms with E-state index in [1.807, 2.05) is 12.1 Å². The topological polar surface area (TPSA) is 86.8 Å². The highest BCUT2D eigenvalue weighted by molar-refractivity contribution is 5.97. The molecule has 0 bridgehead atoms.